The van der Waals surface area contributed by atoms with Crippen molar-refractivity contribution in [3.05, 3.63) is 30.2 Å². The molecule has 0 bridgehead atoms. The zero-order valence-corrected chi connectivity index (χ0v) is 20.1. The third kappa shape index (κ3) is 7.97. The third-order valence-electron chi connectivity index (χ3n) is 4.84. The van der Waals surface area contributed by atoms with Crippen LogP contribution >= 0.6 is 0 Å². The van der Waals surface area contributed by atoms with Gasteiger partial charge < -0.3 is 20.1 Å². The highest BCUT2D eigenvalue weighted by Gasteiger charge is 2.32. The van der Waals surface area contributed by atoms with Gasteiger partial charge in [0.15, 0.2) is 0 Å². The number of hydrogen-bond donors (Lipinski definition) is 2. The molecular weight excluding hydrogens is 455 g/mol. The van der Waals surface area contributed by atoms with E-state index in [4.69, 9.17) is 9.47 Å². The van der Waals surface area contributed by atoms with Gasteiger partial charge in [-0.3, -0.25) is 4.79 Å². The molecule has 33 heavy (non-hydrogen) atoms. The molecule has 0 radical (unpaired) electrons. The first kappa shape index (κ1) is 26.5. The zero-order valence-electron chi connectivity index (χ0n) is 19.3. The van der Waals surface area contributed by atoms with Crippen molar-refractivity contribution in [2.75, 3.05) is 33.3 Å². The van der Waals surface area contributed by atoms with Crippen LogP contribution in [0.3, 0.4) is 0 Å². The van der Waals surface area contributed by atoms with Crippen molar-refractivity contribution in [3.63, 3.8) is 0 Å². The predicted octanol–water partition coefficient (Wildman–Crippen LogP) is 1.99. The summed E-state index contributed by atoms with van der Waals surface area (Å²) in [4.78, 5) is 27.4. The fourth-order valence-corrected chi connectivity index (χ4v) is 4.52. The normalized spacial score (nSPS) is 16.2. The molecule has 0 saturated carbocycles. The molecule has 2 rings (SSSR count). The average molecular weight is 487 g/mol. The van der Waals surface area contributed by atoms with Gasteiger partial charge in [-0.1, -0.05) is 0 Å². The predicted molar refractivity (Wildman–Crippen MR) is 119 cm³/mol. The molecule has 10 nitrogen and oxygen atoms in total. The molecule has 0 aliphatic carbocycles. The van der Waals surface area contributed by atoms with Gasteiger partial charge in [-0.25, -0.2) is 22.6 Å². The van der Waals surface area contributed by atoms with E-state index in [0.29, 0.717) is 19.2 Å². The molecule has 1 fully saturated rings. The summed E-state index contributed by atoms with van der Waals surface area (Å²) >= 11 is 0. The smallest absolute Gasteiger partial charge is 0.407 e. The summed E-state index contributed by atoms with van der Waals surface area (Å²) < 4.78 is 50.6. The Bertz CT molecular complexity index is 952. The van der Waals surface area contributed by atoms with Gasteiger partial charge in [0.2, 0.25) is 21.8 Å². The highest BCUT2D eigenvalue weighted by Crippen LogP contribution is 2.24. The summed E-state index contributed by atoms with van der Waals surface area (Å²) in [6, 6.07) is 2.74. The Morgan fingerprint density at radius 2 is 1.94 bits per heavy atom. The Balaban J connectivity index is 1.89. The molecule has 12 heteroatoms. The first-order valence-corrected chi connectivity index (χ1v) is 12.0. The lowest BCUT2D eigenvalue weighted by molar-refractivity contribution is -0.125. The van der Waals surface area contributed by atoms with Gasteiger partial charge in [-0.2, -0.15) is 4.31 Å². The number of ether oxygens (including phenoxy) is 2. The number of amides is 2. The molecule has 184 valence electrons. The number of carbonyl (C=O) groups is 2. The van der Waals surface area contributed by atoms with Crippen LogP contribution in [0.2, 0.25) is 0 Å². The van der Waals surface area contributed by atoms with Crippen LogP contribution in [0.25, 0.3) is 0 Å². The zero-order chi connectivity index (χ0) is 24.6. The van der Waals surface area contributed by atoms with Crippen LogP contribution in [0.4, 0.5) is 9.18 Å². The molecule has 1 aliphatic heterocycles. The van der Waals surface area contributed by atoms with Crippen LogP contribution in [0.1, 0.15) is 33.6 Å². The molecule has 1 aliphatic rings. The number of halogens is 1. The molecule has 0 aromatic carbocycles. The molecule has 1 aromatic heterocycles. The van der Waals surface area contributed by atoms with Crippen LogP contribution in [0, 0.1) is 5.92 Å². The molecule has 0 unspecified atom stereocenters. The Morgan fingerprint density at radius 3 is 2.45 bits per heavy atom. The molecule has 2 heterocycles. The number of nitrogens with zero attached hydrogens (tertiary/aromatic N) is 2. The fourth-order valence-electron chi connectivity index (χ4n) is 3.10. The summed E-state index contributed by atoms with van der Waals surface area (Å²) in [5.41, 5.74) is -0.537. The van der Waals surface area contributed by atoms with E-state index in [1.165, 1.54) is 22.6 Å². The summed E-state index contributed by atoms with van der Waals surface area (Å²) in [6.07, 6.45) is 1.70. The molecular formula is C21H31FN4O6S. The summed E-state index contributed by atoms with van der Waals surface area (Å²) in [7, 11) is -2.19. The average Bonchev–Trinajstić information content (AvgIpc) is 2.78. The van der Waals surface area contributed by atoms with Gasteiger partial charge in [0.25, 0.3) is 0 Å². The van der Waals surface area contributed by atoms with Crippen molar-refractivity contribution in [1.29, 1.82) is 0 Å². The van der Waals surface area contributed by atoms with Gasteiger partial charge in [-0.15, -0.1) is 0 Å². The maximum Gasteiger partial charge on any atom is 0.407 e. The van der Waals surface area contributed by atoms with Crippen LogP contribution in [-0.4, -0.2) is 68.6 Å². The van der Waals surface area contributed by atoms with E-state index in [2.05, 4.69) is 15.6 Å². The Hall–Kier alpha value is -2.73. The van der Waals surface area contributed by atoms with E-state index < -0.39 is 21.7 Å². The molecule has 0 spiro atoms. The third-order valence-corrected chi connectivity index (χ3v) is 6.72. The van der Waals surface area contributed by atoms with Gasteiger partial charge in [-0.05, 0) is 39.7 Å². The standard InChI is InChI=1S/C21H31FN4O6S/c1-21(2,3)32-20(28)25-12-15(11-22)14-31-18-6-5-17(13-24-18)33(29,30)26-9-7-16(8-10-26)19(27)23-4/h5-6,11,13,16H,7-10,12,14H2,1-4H3,(H,23,27)(H,25,28)/b15-11+. The van der Waals surface area contributed by atoms with E-state index in [-0.39, 0.29) is 54.4 Å². The molecule has 2 amide bonds. The maximum absolute atomic E-state index is 13.1. The number of sulfonamides is 1. The van der Waals surface area contributed by atoms with Crippen LogP contribution < -0.4 is 15.4 Å². The van der Waals surface area contributed by atoms with Gasteiger partial charge in [0, 0.05) is 44.2 Å². The van der Waals surface area contributed by atoms with E-state index in [0.717, 1.165) is 0 Å². The number of aromatic nitrogens is 1. The maximum atomic E-state index is 13.1. The lowest BCUT2D eigenvalue weighted by Crippen LogP contribution is -2.42. The SMILES string of the molecule is CNC(=O)C1CCN(S(=O)(=O)c2ccc(OC/C(=C/F)CNC(=O)OC(C)(C)C)nc2)CC1. The van der Waals surface area contributed by atoms with Gasteiger partial charge >= 0.3 is 6.09 Å². The molecule has 1 aromatic rings. The minimum atomic E-state index is -3.75. The highest BCUT2D eigenvalue weighted by atomic mass is 32.2. The number of carbonyl (C=O) groups excluding carboxylic acids is 2. The Kier molecular flexibility index (Phi) is 9.17. The number of rotatable bonds is 8. The van der Waals surface area contributed by atoms with Crippen molar-refractivity contribution in [2.45, 2.75) is 44.1 Å². The first-order valence-electron chi connectivity index (χ1n) is 10.5. The van der Waals surface area contributed by atoms with Crippen molar-refractivity contribution in [3.8, 4) is 5.88 Å². The van der Waals surface area contributed by atoms with Gasteiger partial charge in [0.05, 0.1) is 12.5 Å². The van der Waals surface area contributed by atoms with Crippen LogP contribution in [0.5, 0.6) is 5.88 Å². The second kappa shape index (κ2) is 11.4. The van der Waals surface area contributed by atoms with Crippen molar-refractivity contribution < 1.29 is 31.9 Å². The van der Waals surface area contributed by atoms with Crippen molar-refractivity contribution >= 4 is 22.0 Å². The number of hydrogen-bond acceptors (Lipinski definition) is 7. The number of nitrogens with one attached hydrogen (secondary N) is 2. The Morgan fingerprint density at radius 1 is 1.27 bits per heavy atom. The minimum Gasteiger partial charge on any atom is -0.473 e. The van der Waals surface area contributed by atoms with Crippen molar-refractivity contribution in [2.24, 2.45) is 5.92 Å². The number of piperidine rings is 1. The van der Waals surface area contributed by atoms with Crippen LogP contribution in [-0.2, 0) is 19.6 Å². The second-order valence-electron chi connectivity index (χ2n) is 8.54. The quantitative estimate of drug-likeness (QED) is 0.575. The first-order chi connectivity index (χ1) is 15.5. The number of alkyl carbamates (subject to hydrolysis) is 1. The molecule has 1 saturated heterocycles. The van der Waals surface area contributed by atoms with E-state index in [1.807, 2.05) is 0 Å². The van der Waals surface area contributed by atoms with E-state index in [1.54, 1.807) is 27.8 Å². The Labute approximate surface area is 193 Å². The summed E-state index contributed by atoms with van der Waals surface area (Å²) in [6.45, 7) is 5.31. The van der Waals surface area contributed by atoms with Gasteiger partial charge in [0.1, 0.15) is 17.1 Å². The topological polar surface area (TPSA) is 127 Å². The lowest BCUT2D eigenvalue weighted by atomic mass is 9.97. The van der Waals surface area contributed by atoms with E-state index in [9.17, 15) is 22.4 Å². The summed E-state index contributed by atoms with van der Waals surface area (Å²) in [5.74, 6) is -0.181. The van der Waals surface area contributed by atoms with Crippen molar-refractivity contribution in [1.82, 2.24) is 19.9 Å². The highest BCUT2D eigenvalue weighted by molar-refractivity contribution is 7.89. The van der Waals surface area contributed by atoms with E-state index >= 15 is 0 Å². The largest absolute Gasteiger partial charge is 0.473 e. The fraction of sp³-hybridized carbons (Fsp3) is 0.571. The second-order valence-corrected chi connectivity index (χ2v) is 10.5. The monoisotopic (exact) mass is 486 g/mol. The lowest BCUT2D eigenvalue weighted by Gasteiger charge is -2.30. The molecule has 2 N–H and O–H groups in total. The van der Waals surface area contributed by atoms with Crippen LogP contribution in [0.15, 0.2) is 35.1 Å². The number of pyridine rings is 1. The minimum absolute atomic E-state index is 0.00101. The molecule has 0 atom stereocenters. The summed E-state index contributed by atoms with van der Waals surface area (Å²) in [5, 5.41) is 5.01.